The Morgan fingerprint density at radius 3 is 2.30 bits per heavy atom. The Hall–Kier alpha value is -1.26. The normalized spacial score (nSPS) is 12.3. The predicted octanol–water partition coefficient (Wildman–Crippen LogP) is 2.39. The van der Waals surface area contributed by atoms with Gasteiger partial charge in [-0.25, -0.2) is 0 Å². The van der Waals surface area contributed by atoms with Crippen LogP contribution < -0.4 is 16.0 Å². The monoisotopic (exact) mass is 296 g/mol. The number of hydrogen-bond acceptors (Lipinski definition) is 2. The smallest absolute Gasteiger partial charge is 0.191 e. The summed E-state index contributed by atoms with van der Waals surface area (Å²) in [5.74, 6) is 0.802. The van der Waals surface area contributed by atoms with Gasteiger partial charge in [0.05, 0.1) is 0 Å². The zero-order chi connectivity index (χ0) is 15.0. The van der Waals surface area contributed by atoms with E-state index in [1.165, 1.54) is 5.56 Å². The summed E-state index contributed by atoms with van der Waals surface area (Å²) in [5, 5.41) is 10.7. The van der Waals surface area contributed by atoms with Gasteiger partial charge >= 0.3 is 0 Å². The molecule has 1 aromatic rings. The number of nitrogens with one attached hydrogen (secondary N) is 3. The van der Waals surface area contributed by atoms with Crippen LogP contribution in [0, 0.1) is 0 Å². The fourth-order valence-corrected chi connectivity index (χ4v) is 1.75. The van der Waals surface area contributed by atoms with E-state index in [0.29, 0.717) is 0 Å². The third-order valence-electron chi connectivity index (χ3n) is 2.67. The number of aliphatic imine (C=N–C) groups is 1. The van der Waals surface area contributed by atoms with Gasteiger partial charge in [-0.15, -0.1) is 0 Å². The Morgan fingerprint density at radius 2 is 1.75 bits per heavy atom. The molecule has 0 radical (unpaired) electrons. The molecule has 0 saturated heterocycles. The lowest BCUT2D eigenvalue weighted by Crippen LogP contribution is -2.44. The Balaban J connectivity index is 2.28. The van der Waals surface area contributed by atoms with Gasteiger partial charge in [-0.05, 0) is 38.5 Å². The van der Waals surface area contributed by atoms with Crippen molar-refractivity contribution in [3.05, 3.63) is 34.9 Å². The molecule has 0 unspecified atom stereocenters. The second-order valence-corrected chi connectivity index (χ2v) is 6.09. The minimum Gasteiger partial charge on any atom is -0.355 e. The predicted molar refractivity (Wildman–Crippen MR) is 87.4 cm³/mol. The maximum Gasteiger partial charge on any atom is 0.191 e. The highest BCUT2D eigenvalue weighted by Gasteiger charge is 2.07. The fraction of sp³-hybridized carbons (Fsp3) is 0.533. The van der Waals surface area contributed by atoms with Crippen molar-refractivity contribution in [3.8, 4) is 0 Å². The summed E-state index contributed by atoms with van der Waals surface area (Å²) in [6, 6.07) is 7.79. The van der Waals surface area contributed by atoms with Crippen molar-refractivity contribution in [1.82, 2.24) is 16.0 Å². The largest absolute Gasteiger partial charge is 0.355 e. The molecular formula is C15H25ClN4. The van der Waals surface area contributed by atoms with Crippen LogP contribution in [0.4, 0.5) is 0 Å². The molecule has 0 aliphatic carbocycles. The van der Waals surface area contributed by atoms with Gasteiger partial charge in [0.15, 0.2) is 5.96 Å². The molecule has 0 aromatic heterocycles. The van der Waals surface area contributed by atoms with Gasteiger partial charge in [0, 0.05) is 37.2 Å². The quantitative estimate of drug-likeness (QED) is 0.444. The van der Waals surface area contributed by atoms with Crippen LogP contribution >= 0.6 is 11.6 Å². The van der Waals surface area contributed by atoms with Crippen molar-refractivity contribution < 1.29 is 0 Å². The van der Waals surface area contributed by atoms with E-state index in [9.17, 15) is 0 Å². The van der Waals surface area contributed by atoms with E-state index in [0.717, 1.165) is 30.6 Å². The van der Waals surface area contributed by atoms with Crippen molar-refractivity contribution in [2.45, 2.75) is 32.9 Å². The Kier molecular flexibility index (Phi) is 6.82. The average Bonchev–Trinajstić information content (AvgIpc) is 2.39. The topological polar surface area (TPSA) is 48.5 Å². The third-order valence-corrected chi connectivity index (χ3v) is 2.92. The van der Waals surface area contributed by atoms with Gasteiger partial charge in [-0.1, -0.05) is 23.7 Å². The summed E-state index contributed by atoms with van der Waals surface area (Å²) in [4.78, 5) is 4.20. The number of nitrogens with zero attached hydrogens (tertiary/aromatic N) is 1. The third kappa shape index (κ3) is 7.36. The van der Waals surface area contributed by atoms with Crippen molar-refractivity contribution in [3.63, 3.8) is 0 Å². The highest BCUT2D eigenvalue weighted by molar-refractivity contribution is 6.30. The van der Waals surface area contributed by atoms with E-state index in [1.807, 2.05) is 24.3 Å². The van der Waals surface area contributed by atoms with Gasteiger partial charge in [0.25, 0.3) is 0 Å². The molecule has 0 amide bonds. The Bertz CT molecular complexity index is 420. The summed E-state index contributed by atoms with van der Waals surface area (Å²) in [6.45, 7) is 8.91. The molecule has 5 heteroatoms. The first-order valence-corrected chi connectivity index (χ1v) is 7.22. The van der Waals surface area contributed by atoms with Gasteiger partial charge in [0.2, 0.25) is 0 Å². The number of benzene rings is 1. The summed E-state index contributed by atoms with van der Waals surface area (Å²) in [6.07, 6.45) is 0. The van der Waals surface area contributed by atoms with Crippen molar-refractivity contribution in [1.29, 1.82) is 0 Å². The van der Waals surface area contributed by atoms with E-state index >= 15 is 0 Å². The molecular weight excluding hydrogens is 272 g/mol. The number of rotatable bonds is 5. The average molecular weight is 297 g/mol. The summed E-state index contributed by atoms with van der Waals surface area (Å²) in [5.41, 5.74) is 1.31. The number of guanidine groups is 1. The van der Waals surface area contributed by atoms with E-state index in [4.69, 9.17) is 11.6 Å². The van der Waals surface area contributed by atoms with E-state index < -0.39 is 0 Å². The lowest BCUT2D eigenvalue weighted by Gasteiger charge is -2.21. The molecule has 3 N–H and O–H groups in total. The lowest BCUT2D eigenvalue weighted by atomic mass is 10.1. The second-order valence-electron chi connectivity index (χ2n) is 5.66. The van der Waals surface area contributed by atoms with Crippen molar-refractivity contribution >= 4 is 17.6 Å². The summed E-state index contributed by atoms with van der Waals surface area (Å²) in [7, 11) is 1.77. The Morgan fingerprint density at radius 1 is 1.10 bits per heavy atom. The first-order chi connectivity index (χ1) is 9.40. The van der Waals surface area contributed by atoms with E-state index in [2.05, 4.69) is 41.7 Å². The molecule has 0 spiro atoms. The van der Waals surface area contributed by atoms with Crippen molar-refractivity contribution in [2.75, 3.05) is 20.1 Å². The zero-order valence-corrected chi connectivity index (χ0v) is 13.5. The summed E-state index contributed by atoms with van der Waals surface area (Å²) >= 11 is 5.86. The highest BCUT2D eigenvalue weighted by Crippen LogP contribution is 2.08. The second kappa shape index (κ2) is 8.12. The number of hydrogen-bond donors (Lipinski definition) is 3. The van der Waals surface area contributed by atoms with Crippen molar-refractivity contribution in [2.24, 2.45) is 4.99 Å². The molecule has 4 nitrogen and oxygen atoms in total. The van der Waals surface area contributed by atoms with Gasteiger partial charge in [-0.3, -0.25) is 4.99 Å². The van der Waals surface area contributed by atoms with Gasteiger partial charge in [-0.2, -0.15) is 0 Å². The molecule has 0 atom stereocenters. The van der Waals surface area contributed by atoms with Crippen LogP contribution in [0.15, 0.2) is 29.3 Å². The molecule has 0 aliphatic rings. The first kappa shape index (κ1) is 16.8. The van der Waals surface area contributed by atoms with Crippen LogP contribution in [-0.4, -0.2) is 31.6 Å². The maximum absolute atomic E-state index is 5.86. The van der Waals surface area contributed by atoms with Crippen LogP contribution in [-0.2, 0) is 6.54 Å². The van der Waals surface area contributed by atoms with Crippen LogP contribution in [0.5, 0.6) is 0 Å². The first-order valence-electron chi connectivity index (χ1n) is 6.85. The van der Waals surface area contributed by atoms with Gasteiger partial charge < -0.3 is 16.0 Å². The molecule has 20 heavy (non-hydrogen) atoms. The molecule has 0 bridgehead atoms. The minimum absolute atomic E-state index is 0.141. The molecule has 112 valence electrons. The highest BCUT2D eigenvalue weighted by atomic mass is 35.5. The van der Waals surface area contributed by atoms with Crippen LogP contribution in [0.1, 0.15) is 26.3 Å². The molecule has 0 fully saturated rings. The maximum atomic E-state index is 5.86. The van der Waals surface area contributed by atoms with E-state index in [1.54, 1.807) is 7.05 Å². The molecule has 0 saturated carbocycles. The summed E-state index contributed by atoms with van der Waals surface area (Å²) < 4.78 is 0. The van der Waals surface area contributed by atoms with Crippen LogP contribution in [0.3, 0.4) is 0 Å². The van der Waals surface area contributed by atoms with Crippen LogP contribution in [0.25, 0.3) is 0 Å². The van der Waals surface area contributed by atoms with Crippen LogP contribution in [0.2, 0.25) is 5.02 Å². The van der Waals surface area contributed by atoms with Gasteiger partial charge in [0.1, 0.15) is 0 Å². The standard InChI is InChI=1S/C15H25ClN4/c1-15(2,3)20-10-9-18-14(17-4)19-11-12-5-7-13(16)8-6-12/h5-8,20H,9-11H2,1-4H3,(H2,17,18,19). The molecule has 0 heterocycles. The Labute approximate surface area is 127 Å². The number of halogens is 1. The molecule has 1 rings (SSSR count). The van der Waals surface area contributed by atoms with E-state index in [-0.39, 0.29) is 5.54 Å². The molecule has 1 aromatic carbocycles. The molecule has 0 aliphatic heterocycles. The minimum atomic E-state index is 0.141. The SMILES string of the molecule is CN=C(NCCNC(C)(C)C)NCc1ccc(Cl)cc1. The zero-order valence-electron chi connectivity index (χ0n) is 12.8. The lowest BCUT2D eigenvalue weighted by molar-refractivity contribution is 0.428. The fourth-order valence-electron chi connectivity index (χ4n) is 1.63.